The van der Waals surface area contributed by atoms with E-state index < -0.39 is 0 Å². The Morgan fingerprint density at radius 2 is 0.838 bits per heavy atom. The summed E-state index contributed by atoms with van der Waals surface area (Å²) in [6.45, 7) is 7.27. The van der Waals surface area contributed by atoms with Crippen LogP contribution >= 0.6 is 0 Å². The molecule has 0 fully saturated rings. The Morgan fingerprint density at radius 1 is 0.459 bits per heavy atom. The number of carbonyl (C=O) groups excluding carboxylic acids is 2. The van der Waals surface area contributed by atoms with Crippen LogP contribution in [0.5, 0.6) is 0 Å². The molecule has 37 heavy (non-hydrogen) atoms. The topological polar surface area (TPSA) is 52.6 Å². The third-order valence-corrected chi connectivity index (χ3v) is 7.33. The van der Waals surface area contributed by atoms with Gasteiger partial charge in [-0.05, 0) is 44.9 Å². The minimum atomic E-state index is -0.124. The molecule has 4 heteroatoms. The molecular formula is C33H64O4. The highest BCUT2D eigenvalue weighted by molar-refractivity contribution is 5.70. The molecule has 0 radical (unpaired) electrons. The third kappa shape index (κ3) is 27.8. The van der Waals surface area contributed by atoms with Gasteiger partial charge < -0.3 is 9.47 Å². The molecule has 0 N–H and O–H groups in total. The van der Waals surface area contributed by atoms with E-state index in [-0.39, 0.29) is 18.0 Å². The van der Waals surface area contributed by atoms with E-state index in [0.717, 1.165) is 38.5 Å². The number of hydrogen-bond donors (Lipinski definition) is 0. The van der Waals surface area contributed by atoms with Gasteiger partial charge in [0.05, 0.1) is 6.61 Å². The zero-order valence-electron chi connectivity index (χ0n) is 25.3. The fraction of sp³-hybridized carbons (Fsp3) is 0.939. The van der Waals surface area contributed by atoms with Crippen LogP contribution in [0.15, 0.2) is 0 Å². The van der Waals surface area contributed by atoms with Crippen molar-refractivity contribution in [3.63, 3.8) is 0 Å². The molecule has 0 amide bonds. The first-order chi connectivity index (χ1) is 18.1. The van der Waals surface area contributed by atoms with Gasteiger partial charge in [-0.25, -0.2) is 0 Å². The van der Waals surface area contributed by atoms with E-state index in [1.165, 1.54) is 103 Å². The molecule has 1 unspecified atom stereocenters. The molecule has 0 heterocycles. The molecule has 0 saturated heterocycles. The van der Waals surface area contributed by atoms with Crippen molar-refractivity contribution in [2.24, 2.45) is 0 Å². The van der Waals surface area contributed by atoms with Crippen molar-refractivity contribution >= 4 is 11.9 Å². The summed E-state index contributed by atoms with van der Waals surface area (Å²) in [5.41, 5.74) is 0. The summed E-state index contributed by atoms with van der Waals surface area (Å²) in [6.07, 6.45) is 29.5. The van der Waals surface area contributed by atoms with Gasteiger partial charge >= 0.3 is 11.9 Å². The Hall–Kier alpha value is -1.06. The lowest BCUT2D eigenvalue weighted by atomic mass is 10.0. The average Bonchev–Trinajstić information content (AvgIpc) is 2.89. The Kier molecular flexibility index (Phi) is 28.7. The predicted octanol–water partition coefficient (Wildman–Crippen LogP) is 10.6. The second kappa shape index (κ2) is 29.5. The van der Waals surface area contributed by atoms with Gasteiger partial charge in [-0.3, -0.25) is 9.59 Å². The van der Waals surface area contributed by atoms with Crippen molar-refractivity contribution in [1.82, 2.24) is 0 Å². The number of esters is 2. The van der Waals surface area contributed by atoms with E-state index in [1.807, 2.05) is 0 Å². The van der Waals surface area contributed by atoms with Crippen molar-refractivity contribution in [2.75, 3.05) is 6.61 Å². The predicted molar refractivity (Wildman–Crippen MR) is 158 cm³/mol. The van der Waals surface area contributed by atoms with Crippen LogP contribution in [0, 0.1) is 0 Å². The molecule has 1 atom stereocenters. The molecule has 0 aliphatic rings. The first-order valence-corrected chi connectivity index (χ1v) is 16.5. The van der Waals surface area contributed by atoms with Crippen LogP contribution in [-0.4, -0.2) is 24.6 Å². The highest BCUT2D eigenvalue weighted by Gasteiger charge is 2.14. The number of rotatable bonds is 29. The number of hydrogen-bond acceptors (Lipinski definition) is 4. The quantitative estimate of drug-likeness (QED) is 0.0721. The maximum atomic E-state index is 12.4. The van der Waals surface area contributed by atoms with Gasteiger partial charge in [-0.2, -0.15) is 0 Å². The summed E-state index contributed by atoms with van der Waals surface area (Å²) in [5, 5.41) is 0. The van der Waals surface area contributed by atoms with Gasteiger partial charge in [-0.15, -0.1) is 0 Å². The van der Waals surface area contributed by atoms with Crippen LogP contribution in [0.25, 0.3) is 0 Å². The molecule has 220 valence electrons. The number of carbonyl (C=O) groups is 2. The molecule has 0 aliphatic carbocycles. The zero-order chi connectivity index (χ0) is 27.2. The lowest BCUT2D eigenvalue weighted by Crippen LogP contribution is -2.18. The van der Waals surface area contributed by atoms with Crippen LogP contribution < -0.4 is 0 Å². The van der Waals surface area contributed by atoms with Crippen LogP contribution in [-0.2, 0) is 19.1 Å². The summed E-state index contributed by atoms with van der Waals surface area (Å²) < 4.78 is 11.2. The van der Waals surface area contributed by atoms with E-state index in [4.69, 9.17) is 9.47 Å². The Labute approximate surface area is 231 Å². The summed E-state index contributed by atoms with van der Waals surface area (Å²) >= 11 is 0. The van der Waals surface area contributed by atoms with Crippen molar-refractivity contribution in [3.8, 4) is 0 Å². The van der Waals surface area contributed by atoms with Crippen LogP contribution in [0.3, 0.4) is 0 Å². The highest BCUT2D eigenvalue weighted by Crippen LogP contribution is 2.18. The van der Waals surface area contributed by atoms with E-state index in [9.17, 15) is 9.59 Å². The Balaban J connectivity index is 3.88. The summed E-state index contributed by atoms with van der Waals surface area (Å²) in [6, 6.07) is 0. The number of ether oxygens (including phenoxy) is 2. The molecule has 0 rings (SSSR count). The number of unbranched alkanes of at least 4 members (excludes halogenated alkanes) is 18. The van der Waals surface area contributed by atoms with E-state index in [2.05, 4.69) is 20.8 Å². The molecule has 0 aromatic rings. The van der Waals surface area contributed by atoms with Crippen molar-refractivity contribution < 1.29 is 19.1 Å². The molecule has 0 aromatic heterocycles. The molecule has 4 nitrogen and oxygen atoms in total. The molecule has 0 aliphatic heterocycles. The third-order valence-electron chi connectivity index (χ3n) is 7.33. The molecular weight excluding hydrogens is 460 g/mol. The van der Waals surface area contributed by atoms with Gasteiger partial charge in [0.25, 0.3) is 0 Å². The van der Waals surface area contributed by atoms with Crippen LogP contribution in [0.4, 0.5) is 0 Å². The smallest absolute Gasteiger partial charge is 0.306 e. The lowest BCUT2D eigenvalue weighted by molar-refractivity contribution is -0.150. The van der Waals surface area contributed by atoms with E-state index in [0.29, 0.717) is 32.3 Å². The van der Waals surface area contributed by atoms with Gasteiger partial charge in [0.2, 0.25) is 0 Å². The molecule has 0 saturated carbocycles. The molecule has 0 spiro atoms. The average molecular weight is 525 g/mol. The Morgan fingerprint density at radius 3 is 1.30 bits per heavy atom. The van der Waals surface area contributed by atoms with Gasteiger partial charge in [0, 0.05) is 12.8 Å². The zero-order valence-corrected chi connectivity index (χ0v) is 25.3. The van der Waals surface area contributed by atoms with Crippen LogP contribution in [0.1, 0.15) is 188 Å². The normalized spacial score (nSPS) is 12.0. The standard InChI is InChI=1S/C33H64O4/c1-4-7-10-13-15-16-17-20-25-30-36-32(34)28-23-24-29-33(35)37-31(26-21-18-12-9-6-3)27-22-19-14-11-8-5-2/h31H,4-30H2,1-3H3. The summed E-state index contributed by atoms with van der Waals surface area (Å²) in [4.78, 5) is 24.4. The van der Waals surface area contributed by atoms with Gasteiger partial charge in [0.15, 0.2) is 0 Å². The van der Waals surface area contributed by atoms with Crippen molar-refractivity contribution in [2.45, 2.75) is 194 Å². The second-order valence-electron chi connectivity index (χ2n) is 11.1. The highest BCUT2D eigenvalue weighted by atomic mass is 16.5. The minimum absolute atomic E-state index is 0.0709. The lowest BCUT2D eigenvalue weighted by Gasteiger charge is -2.18. The first-order valence-electron chi connectivity index (χ1n) is 16.5. The van der Waals surface area contributed by atoms with Gasteiger partial charge in [-0.1, -0.05) is 130 Å². The minimum Gasteiger partial charge on any atom is -0.466 e. The second-order valence-corrected chi connectivity index (χ2v) is 11.1. The van der Waals surface area contributed by atoms with E-state index >= 15 is 0 Å². The Bertz CT molecular complexity index is 491. The fourth-order valence-corrected chi connectivity index (χ4v) is 4.84. The largest absolute Gasteiger partial charge is 0.466 e. The monoisotopic (exact) mass is 524 g/mol. The fourth-order valence-electron chi connectivity index (χ4n) is 4.84. The summed E-state index contributed by atoms with van der Waals surface area (Å²) in [5.74, 6) is -0.214. The maximum absolute atomic E-state index is 12.4. The SMILES string of the molecule is CCCCCCCCCCCOC(=O)CCCCC(=O)OC(CCCCCCC)CCCCCCCC. The maximum Gasteiger partial charge on any atom is 0.306 e. The first kappa shape index (κ1) is 35.9. The molecule has 0 aromatic carbocycles. The summed E-state index contributed by atoms with van der Waals surface area (Å²) in [7, 11) is 0. The van der Waals surface area contributed by atoms with E-state index in [1.54, 1.807) is 0 Å². The van der Waals surface area contributed by atoms with Crippen molar-refractivity contribution in [3.05, 3.63) is 0 Å². The van der Waals surface area contributed by atoms with Gasteiger partial charge in [0.1, 0.15) is 6.10 Å². The van der Waals surface area contributed by atoms with Crippen LogP contribution in [0.2, 0.25) is 0 Å². The van der Waals surface area contributed by atoms with Crippen molar-refractivity contribution in [1.29, 1.82) is 0 Å². The molecule has 0 bridgehead atoms.